The minimum absolute atomic E-state index is 0.481. The van der Waals surface area contributed by atoms with Crippen LogP contribution in [0.1, 0.15) is 54.6 Å². The van der Waals surface area contributed by atoms with Crippen LogP contribution in [0.15, 0.2) is 24.8 Å². The highest BCUT2D eigenvalue weighted by Gasteiger charge is 2.23. The van der Waals surface area contributed by atoms with E-state index in [1.807, 2.05) is 13.0 Å². The Morgan fingerprint density at radius 2 is 1.70 bits per heavy atom. The van der Waals surface area contributed by atoms with Crippen LogP contribution in [0.5, 0.6) is 0 Å². The van der Waals surface area contributed by atoms with Crippen LogP contribution in [-0.2, 0) is 0 Å². The van der Waals surface area contributed by atoms with E-state index in [9.17, 15) is 0 Å². The van der Waals surface area contributed by atoms with Gasteiger partial charge in [0.1, 0.15) is 5.82 Å². The number of nitrogens with one attached hydrogen (secondary N) is 1. The van der Waals surface area contributed by atoms with Crippen molar-refractivity contribution in [3.63, 3.8) is 0 Å². The van der Waals surface area contributed by atoms with E-state index in [1.54, 1.807) is 0 Å². The van der Waals surface area contributed by atoms with Crippen LogP contribution in [0, 0.1) is 27.7 Å². The van der Waals surface area contributed by atoms with Crippen molar-refractivity contribution in [2.24, 2.45) is 0 Å². The highest BCUT2D eigenvalue weighted by atomic mass is 15.3. The van der Waals surface area contributed by atoms with Crippen molar-refractivity contribution in [2.75, 3.05) is 16.8 Å². The first-order valence-electron chi connectivity index (χ1n) is 9.93. The molecule has 0 saturated heterocycles. The first-order valence-corrected chi connectivity index (χ1v) is 9.93. The molecule has 1 aromatic carbocycles. The zero-order valence-corrected chi connectivity index (χ0v) is 17.0. The number of aryl methyl sites for hydroxylation is 4. The SMILES string of the molecule is C=CCN(c1nc(C)nc(Nc2c(C)cc(C)cc2C)n1)C1CCCCC1. The second-order valence-corrected chi connectivity index (χ2v) is 7.64. The Labute approximate surface area is 163 Å². The molecule has 1 aliphatic carbocycles. The van der Waals surface area contributed by atoms with E-state index in [0.29, 0.717) is 12.0 Å². The molecule has 1 N–H and O–H groups in total. The Bertz CT molecular complexity index is 785. The summed E-state index contributed by atoms with van der Waals surface area (Å²) in [5, 5.41) is 3.43. The fraction of sp³-hybridized carbons (Fsp3) is 0.500. The predicted molar refractivity (Wildman–Crippen MR) is 113 cm³/mol. The summed E-state index contributed by atoms with van der Waals surface area (Å²) in [5.74, 6) is 2.09. The molecule has 0 atom stereocenters. The van der Waals surface area contributed by atoms with E-state index >= 15 is 0 Å². The predicted octanol–water partition coefficient (Wildman–Crippen LogP) is 5.17. The summed E-state index contributed by atoms with van der Waals surface area (Å²) in [6.07, 6.45) is 8.20. The summed E-state index contributed by atoms with van der Waals surface area (Å²) >= 11 is 0. The van der Waals surface area contributed by atoms with Crippen LogP contribution in [0.4, 0.5) is 17.6 Å². The van der Waals surface area contributed by atoms with Crippen LogP contribution in [0.3, 0.4) is 0 Å². The first-order chi connectivity index (χ1) is 13.0. The molecule has 3 rings (SSSR count). The van der Waals surface area contributed by atoms with Gasteiger partial charge in [-0.15, -0.1) is 6.58 Å². The molecular weight excluding hydrogens is 334 g/mol. The second-order valence-electron chi connectivity index (χ2n) is 7.64. The van der Waals surface area contributed by atoms with E-state index in [-0.39, 0.29) is 0 Å². The summed E-state index contributed by atoms with van der Waals surface area (Å²) < 4.78 is 0. The second kappa shape index (κ2) is 8.51. The molecule has 2 aromatic rings. The van der Waals surface area contributed by atoms with Crippen molar-refractivity contribution in [1.82, 2.24) is 15.0 Å². The molecule has 0 bridgehead atoms. The van der Waals surface area contributed by atoms with E-state index in [2.05, 4.69) is 59.7 Å². The van der Waals surface area contributed by atoms with Crippen molar-refractivity contribution < 1.29 is 0 Å². The average molecular weight is 366 g/mol. The Balaban J connectivity index is 1.92. The Hall–Kier alpha value is -2.43. The van der Waals surface area contributed by atoms with E-state index in [1.165, 1.54) is 48.8 Å². The Kier molecular flexibility index (Phi) is 6.09. The molecule has 0 unspecified atom stereocenters. The van der Waals surface area contributed by atoms with Crippen molar-refractivity contribution in [3.05, 3.63) is 47.3 Å². The number of hydrogen-bond donors (Lipinski definition) is 1. The van der Waals surface area contributed by atoms with Crippen molar-refractivity contribution in [2.45, 2.75) is 65.8 Å². The number of aromatic nitrogens is 3. The molecule has 0 radical (unpaired) electrons. The van der Waals surface area contributed by atoms with Crippen LogP contribution in [0.25, 0.3) is 0 Å². The van der Waals surface area contributed by atoms with E-state index in [0.717, 1.165) is 24.0 Å². The molecule has 1 aromatic heterocycles. The monoisotopic (exact) mass is 365 g/mol. The van der Waals surface area contributed by atoms with Crippen LogP contribution >= 0.6 is 0 Å². The summed E-state index contributed by atoms with van der Waals surface area (Å²) in [5.41, 5.74) is 4.73. The lowest BCUT2D eigenvalue weighted by Gasteiger charge is -2.33. The number of hydrogen-bond acceptors (Lipinski definition) is 5. The molecule has 5 heteroatoms. The standard InChI is InChI=1S/C22H31N5/c1-6-12-27(19-10-8-7-9-11-19)22-24-18(5)23-21(26-22)25-20-16(3)13-15(2)14-17(20)4/h6,13-14,19H,1,7-12H2,2-5H3,(H,23,24,25,26). The Morgan fingerprint density at radius 3 is 2.33 bits per heavy atom. The van der Waals surface area contributed by atoms with Gasteiger partial charge in [-0.25, -0.2) is 0 Å². The molecule has 0 amide bonds. The third-order valence-electron chi connectivity index (χ3n) is 5.25. The lowest BCUT2D eigenvalue weighted by atomic mass is 9.94. The number of anilines is 3. The molecular formula is C22H31N5. The van der Waals surface area contributed by atoms with Gasteiger partial charge in [-0.2, -0.15) is 15.0 Å². The van der Waals surface area contributed by atoms with Gasteiger partial charge in [0, 0.05) is 18.3 Å². The molecule has 1 aliphatic rings. The summed E-state index contributed by atoms with van der Waals surface area (Å²) in [7, 11) is 0. The third-order valence-corrected chi connectivity index (χ3v) is 5.25. The Morgan fingerprint density at radius 1 is 1.04 bits per heavy atom. The number of rotatable bonds is 6. The topological polar surface area (TPSA) is 53.9 Å². The van der Waals surface area contributed by atoms with E-state index < -0.39 is 0 Å². The summed E-state index contributed by atoms with van der Waals surface area (Å²) in [6, 6.07) is 4.83. The van der Waals surface area contributed by atoms with Crippen molar-refractivity contribution >= 4 is 17.6 Å². The van der Waals surface area contributed by atoms with Crippen molar-refractivity contribution in [3.8, 4) is 0 Å². The van der Waals surface area contributed by atoms with E-state index in [4.69, 9.17) is 4.98 Å². The van der Waals surface area contributed by atoms with Gasteiger partial charge >= 0.3 is 0 Å². The number of nitrogens with zero attached hydrogens (tertiary/aromatic N) is 4. The van der Waals surface area contributed by atoms with Gasteiger partial charge in [-0.1, -0.05) is 43.0 Å². The maximum atomic E-state index is 4.77. The van der Waals surface area contributed by atoms with Gasteiger partial charge in [0.25, 0.3) is 0 Å². The van der Waals surface area contributed by atoms with Crippen molar-refractivity contribution in [1.29, 1.82) is 0 Å². The third kappa shape index (κ3) is 4.65. The normalized spacial score (nSPS) is 14.8. The lowest BCUT2D eigenvalue weighted by molar-refractivity contribution is 0.417. The largest absolute Gasteiger partial charge is 0.334 e. The quantitative estimate of drug-likeness (QED) is 0.715. The zero-order chi connectivity index (χ0) is 19.4. The summed E-state index contributed by atoms with van der Waals surface area (Å²) in [4.78, 5) is 16.2. The molecule has 5 nitrogen and oxygen atoms in total. The van der Waals surface area contributed by atoms with Crippen LogP contribution < -0.4 is 10.2 Å². The maximum Gasteiger partial charge on any atom is 0.232 e. The van der Waals surface area contributed by atoms with Crippen LogP contribution in [0.2, 0.25) is 0 Å². The van der Waals surface area contributed by atoms with Gasteiger partial charge in [0.2, 0.25) is 11.9 Å². The minimum Gasteiger partial charge on any atom is -0.334 e. The van der Waals surface area contributed by atoms with Gasteiger partial charge in [0.15, 0.2) is 0 Å². The molecule has 1 fully saturated rings. The molecule has 144 valence electrons. The first kappa shape index (κ1) is 19.3. The lowest BCUT2D eigenvalue weighted by Crippen LogP contribution is -2.38. The van der Waals surface area contributed by atoms with Gasteiger partial charge in [0.05, 0.1) is 0 Å². The molecule has 27 heavy (non-hydrogen) atoms. The van der Waals surface area contributed by atoms with Gasteiger partial charge < -0.3 is 10.2 Å². The highest BCUT2D eigenvalue weighted by molar-refractivity contribution is 5.64. The molecule has 0 spiro atoms. The highest BCUT2D eigenvalue weighted by Crippen LogP contribution is 2.28. The smallest absolute Gasteiger partial charge is 0.232 e. The van der Waals surface area contributed by atoms with Gasteiger partial charge in [-0.3, -0.25) is 0 Å². The molecule has 1 saturated carbocycles. The number of benzene rings is 1. The van der Waals surface area contributed by atoms with Gasteiger partial charge in [-0.05, 0) is 51.7 Å². The summed E-state index contributed by atoms with van der Waals surface area (Å²) in [6.45, 7) is 13.0. The minimum atomic E-state index is 0.481. The molecule has 0 aliphatic heterocycles. The average Bonchev–Trinajstić information content (AvgIpc) is 2.63. The zero-order valence-electron chi connectivity index (χ0n) is 17.0. The van der Waals surface area contributed by atoms with Crippen LogP contribution in [-0.4, -0.2) is 27.5 Å². The fourth-order valence-corrected chi connectivity index (χ4v) is 4.07. The maximum absolute atomic E-state index is 4.77. The molecule has 1 heterocycles. The fourth-order valence-electron chi connectivity index (χ4n) is 4.07.